The van der Waals surface area contributed by atoms with Gasteiger partial charge in [-0.05, 0) is 37.3 Å². The molecule has 0 aliphatic heterocycles. The molecule has 1 amide bonds. The smallest absolute Gasteiger partial charge is 0.328 e. The highest BCUT2D eigenvalue weighted by Crippen LogP contribution is 2.32. The number of carboxylic acid groups (broad SMARTS) is 2. The second-order valence-corrected chi connectivity index (χ2v) is 4.98. The molecular formula is C14H19N3O5. The van der Waals surface area contributed by atoms with Gasteiger partial charge in [0.25, 0.3) is 0 Å². The Morgan fingerprint density at radius 1 is 1.23 bits per heavy atom. The molecule has 1 aromatic heterocycles. The molecule has 2 rings (SSSR count). The number of amides is 1. The van der Waals surface area contributed by atoms with Gasteiger partial charge in [0.1, 0.15) is 6.04 Å². The largest absolute Gasteiger partial charge is 0.478 e. The lowest BCUT2D eigenvalue weighted by atomic mass is 10.2. The molecule has 0 bridgehead atoms. The van der Waals surface area contributed by atoms with Crippen LogP contribution in [0.1, 0.15) is 30.3 Å². The zero-order valence-electron chi connectivity index (χ0n) is 11.9. The summed E-state index contributed by atoms with van der Waals surface area (Å²) in [6.45, 7) is 0. The fourth-order valence-electron chi connectivity index (χ4n) is 1.69. The van der Waals surface area contributed by atoms with Gasteiger partial charge in [-0.3, -0.25) is 4.79 Å². The number of primary amides is 1. The fraction of sp³-hybridized carbons (Fsp3) is 0.357. The highest BCUT2D eigenvalue weighted by Gasteiger charge is 2.22. The summed E-state index contributed by atoms with van der Waals surface area (Å²) in [5.74, 6) is -2.18. The average Bonchev–Trinajstić information content (AvgIpc) is 3.12. The Balaban J connectivity index is 0.000000261. The van der Waals surface area contributed by atoms with Crippen LogP contribution in [0, 0.1) is 5.92 Å². The molecule has 1 saturated carbocycles. The molecule has 22 heavy (non-hydrogen) atoms. The number of carboxylic acids is 2. The molecule has 0 saturated heterocycles. The van der Waals surface area contributed by atoms with E-state index in [9.17, 15) is 14.4 Å². The molecule has 1 aromatic rings. The molecule has 8 heteroatoms. The van der Waals surface area contributed by atoms with Crippen LogP contribution in [0.3, 0.4) is 0 Å². The van der Waals surface area contributed by atoms with E-state index in [1.54, 1.807) is 0 Å². The first-order chi connectivity index (χ1) is 10.3. The lowest BCUT2D eigenvalue weighted by molar-refractivity contribution is -0.134. The second kappa shape index (κ2) is 7.99. The zero-order valence-corrected chi connectivity index (χ0v) is 11.9. The Hall–Kier alpha value is -2.61. The average molecular weight is 309 g/mol. The quantitative estimate of drug-likeness (QED) is 0.471. The van der Waals surface area contributed by atoms with Gasteiger partial charge >= 0.3 is 11.9 Å². The molecule has 1 fully saturated rings. The lowest BCUT2D eigenvalue weighted by Crippen LogP contribution is -2.28. The van der Waals surface area contributed by atoms with E-state index in [1.807, 2.05) is 12.1 Å². The van der Waals surface area contributed by atoms with Crippen molar-refractivity contribution in [3.63, 3.8) is 0 Å². The molecule has 1 aliphatic rings. The third-order valence-electron chi connectivity index (χ3n) is 2.98. The topological polar surface area (TPSA) is 160 Å². The van der Waals surface area contributed by atoms with E-state index in [2.05, 4.69) is 4.98 Å². The summed E-state index contributed by atoms with van der Waals surface area (Å²) in [5.41, 5.74) is 12.6. The number of aromatic nitrogens is 1. The van der Waals surface area contributed by atoms with Gasteiger partial charge in [-0.15, -0.1) is 0 Å². The Morgan fingerprint density at radius 2 is 1.77 bits per heavy atom. The number of nitrogens with one attached hydrogen (secondary N) is 1. The summed E-state index contributed by atoms with van der Waals surface area (Å²) in [5, 5.41) is 15.6. The maximum Gasteiger partial charge on any atom is 0.328 e. The van der Waals surface area contributed by atoms with Crippen molar-refractivity contribution in [1.29, 1.82) is 0 Å². The first kappa shape index (κ1) is 17.4. The minimum Gasteiger partial charge on any atom is -0.478 e. The molecule has 0 aromatic carbocycles. The van der Waals surface area contributed by atoms with Crippen LogP contribution >= 0.6 is 0 Å². The number of aromatic amines is 1. The molecule has 1 unspecified atom stereocenters. The number of carbonyl (C=O) groups excluding carboxylic acids is 1. The minimum absolute atomic E-state index is 0.496. The fourth-order valence-corrected chi connectivity index (χ4v) is 1.69. The molecule has 8 nitrogen and oxygen atoms in total. The number of carbonyl (C=O) groups is 3. The number of hydrogen-bond donors (Lipinski definition) is 5. The molecule has 0 radical (unpaired) electrons. The van der Waals surface area contributed by atoms with Crippen molar-refractivity contribution in [3.8, 4) is 0 Å². The summed E-state index contributed by atoms with van der Waals surface area (Å²) in [4.78, 5) is 33.1. The Morgan fingerprint density at radius 3 is 2.18 bits per heavy atom. The number of rotatable bonds is 6. The normalized spacial score (nSPS) is 15.0. The van der Waals surface area contributed by atoms with Crippen molar-refractivity contribution in [2.75, 3.05) is 0 Å². The third-order valence-corrected chi connectivity index (χ3v) is 2.98. The Kier molecular flexibility index (Phi) is 6.33. The Bertz CT molecular complexity index is 559. The van der Waals surface area contributed by atoms with Crippen LogP contribution in [0.15, 0.2) is 24.3 Å². The van der Waals surface area contributed by atoms with Crippen molar-refractivity contribution in [2.24, 2.45) is 17.4 Å². The van der Waals surface area contributed by atoms with Crippen LogP contribution in [0.5, 0.6) is 0 Å². The van der Waals surface area contributed by atoms with Gasteiger partial charge in [0.15, 0.2) is 0 Å². The van der Waals surface area contributed by atoms with Crippen LogP contribution in [0.2, 0.25) is 0 Å². The molecule has 7 N–H and O–H groups in total. The van der Waals surface area contributed by atoms with Crippen molar-refractivity contribution >= 4 is 17.8 Å². The van der Waals surface area contributed by atoms with Crippen molar-refractivity contribution in [1.82, 2.24) is 4.98 Å². The van der Waals surface area contributed by atoms with E-state index in [-0.39, 0.29) is 0 Å². The highest BCUT2D eigenvalue weighted by molar-refractivity contribution is 5.89. The standard InChI is InChI=1S/C10H15N3O.C4H4O4/c11-9(10(12)14)8-4-3-7(13-8)5-6-1-2-6;5-3(6)1-2-4(7)8/h3-4,6,9,13H,1-2,5,11H2,(H2,12,14);1-2H,(H,5,6)(H,7,8)/b;2-1-. The van der Waals surface area contributed by atoms with Gasteiger partial charge in [-0.2, -0.15) is 0 Å². The van der Waals surface area contributed by atoms with E-state index in [4.69, 9.17) is 21.7 Å². The predicted molar refractivity (Wildman–Crippen MR) is 77.8 cm³/mol. The van der Waals surface area contributed by atoms with Gasteiger partial charge < -0.3 is 26.7 Å². The van der Waals surface area contributed by atoms with Crippen molar-refractivity contribution in [3.05, 3.63) is 35.7 Å². The summed E-state index contributed by atoms with van der Waals surface area (Å²) in [7, 11) is 0. The monoisotopic (exact) mass is 309 g/mol. The van der Waals surface area contributed by atoms with Gasteiger partial charge in [0.2, 0.25) is 5.91 Å². The Labute approximate surface area is 126 Å². The van der Waals surface area contributed by atoms with Crippen LogP contribution in [-0.4, -0.2) is 33.0 Å². The first-order valence-corrected chi connectivity index (χ1v) is 6.66. The SMILES string of the molecule is NC(=O)C(N)c1ccc(CC2CC2)[nH]1.O=C(O)/C=C\C(=O)O. The lowest BCUT2D eigenvalue weighted by Gasteiger charge is -2.03. The predicted octanol–water partition coefficient (Wildman–Crippen LogP) is 0.164. The van der Waals surface area contributed by atoms with Gasteiger partial charge in [0, 0.05) is 23.5 Å². The van der Waals surface area contributed by atoms with Gasteiger partial charge in [-0.1, -0.05) is 0 Å². The van der Waals surface area contributed by atoms with Gasteiger partial charge in [0.05, 0.1) is 0 Å². The first-order valence-electron chi connectivity index (χ1n) is 6.66. The minimum atomic E-state index is -1.26. The summed E-state index contributed by atoms with van der Waals surface area (Å²) in [6.07, 6.45) is 4.81. The maximum atomic E-state index is 10.8. The van der Waals surface area contributed by atoms with E-state index in [0.29, 0.717) is 17.8 Å². The number of aliphatic carboxylic acids is 2. The molecule has 1 atom stereocenters. The third kappa shape index (κ3) is 6.71. The molecular weight excluding hydrogens is 290 g/mol. The number of hydrogen-bond acceptors (Lipinski definition) is 4. The number of H-pyrrole nitrogens is 1. The van der Waals surface area contributed by atoms with Crippen LogP contribution in [0.25, 0.3) is 0 Å². The van der Waals surface area contributed by atoms with E-state index < -0.39 is 23.9 Å². The zero-order chi connectivity index (χ0) is 16.7. The van der Waals surface area contributed by atoms with Crippen LogP contribution in [0.4, 0.5) is 0 Å². The van der Waals surface area contributed by atoms with Crippen LogP contribution < -0.4 is 11.5 Å². The molecule has 120 valence electrons. The maximum absolute atomic E-state index is 10.8. The molecule has 0 spiro atoms. The molecule has 1 heterocycles. The van der Waals surface area contributed by atoms with E-state index in [0.717, 1.165) is 18.0 Å². The summed E-state index contributed by atoms with van der Waals surface area (Å²) in [6, 6.07) is 3.12. The molecule has 1 aliphatic carbocycles. The number of nitrogens with two attached hydrogens (primary N) is 2. The van der Waals surface area contributed by atoms with E-state index >= 15 is 0 Å². The summed E-state index contributed by atoms with van der Waals surface area (Å²) < 4.78 is 0. The van der Waals surface area contributed by atoms with E-state index in [1.165, 1.54) is 12.8 Å². The second-order valence-electron chi connectivity index (χ2n) is 4.98. The van der Waals surface area contributed by atoms with Crippen molar-refractivity contribution < 1.29 is 24.6 Å². The van der Waals surface area contributed by atoms with Crippen molar-refractivity contribution in [2.45, 2.75) is 25.3 Å². The summed E-state index contributed by atoms with van der Waals surface area (Å²) >= 11 is 0. The highest BCUT2D eigenvalue weighted by atomic mass is 16.4. The van der Waals surface area contributed by atoms with Crippen LogP contribution in [-0.2, 0) is 20.8 Å². The van der Waals surface area contributed by atoms with Gasteiger partial charge in [-0.25, -0.2) is 9.59 Å².